The Kier molecular flexibility index (Phi) is 1.97. The number of ether oxygens (including phenoxy) is 2. The van der Waals surface area contributed by atoms with Crippen molar-refractivity contribution in [2.24, 2.45) is 0 Å². The molecule has 1 aliphatic rings. The molecule has 0 saturated carbocycles. The fraction of sp³-hybridized carbons (Fsp3) is 0.100. The molecule has 17 heavy (non-hydrogen) atoms. The summed E-state index contributed by atoms with van der Waals surface area (Å²) >= 11 is 0. The number of benzene rings is 1. The van der Waals surface area contributed by atoms with Gasteiger partial charge in [-0.3, -0.25) is 0 Å². The van der Waals surface area contributed by atoms with Gasteiger partial charge in [0, 0.05) is 5.56 Å². The largest absolute Gasteiger partial charge is 0.474 e. The van der Waals surface area contributed by atoms with Gasteiger partial charge >= 0.3 is 11.9 Å². The molecule has 2 aromatic rings. The molecule has 0 atom stereocenters. The van der Waals surface area contributed by atoms with E-state index in [-0.39, 0.29) is 12.7 Å². The number of carbonyl (C=O) groups is 1. The zero-order chi connectivity index (χ0) is 11.8. The van der Waals surface area contributed by atoms with Crippen molar-refractivity contribution in [2.75, 3.05) is 6.79 Å². The SMILES string of the molecule is O=C(O)c1nnc(-c2ccc3c(c2)OCO3)o1. The van der Waals surface area contributed by atoms with E-state index in [1.54, 1.807) is 18.2 Å². The smallest absolute Gasteiger partial charge is 0.393 e. The minimum absolute atomic E-state index is 0.126. The molecule has 3 rings (SSSR count). The summed E-state index contributed by atoms with van der Waals surface area (Å²) in [5, 5.41) is 15.7. The predicted molar refractivity (Wildman–Crippen MR) is 52.8 cm³/mol. The molecule has 1 aromatic carbocycles. The van der Waals surface area contributed by atoms with Crippen LogP contribution in [0, 0.1) is 0 Å². The summed E-state index contributed by atoms with van der Waals surface area (Å²) in [7, 11) is 0. The number of hydrogen-bond acceptors (Lipinski definition) is 6. The van der Waals surface area contributed by atoms with Gasteiger partial charge in [-0.1, -0.05) is 0 Å². The van der Waals surface area contributed by atoms with Crippen molar-refractivity contribution in [3.8, 4) is 23.0 Å². The number of fused-ring (bicyclic) bond motifs is 1. The number of nitrogens with zero attached hydrogens (tertiary/aromatic N) is 2. The van der Waals surface area contributed by atoms with Crippen molar-refractivity contribution < 1.29 is 23.8 Å². The molecule has 7 heteroatoms. The molecule has 0 fully saturated rings. The first-order chi connectivity index (χ1) is 8.24. The third-order valence-corrected chi connectivity index (χ3v) is 2.23. The van der Waals surface area contributed by atoms with Crippen LogP contribution in [0.1, 0.15) is 10.7 Å². The summed E-state index contributed by atoms with van der Waals surface area (Å²) in [6.07, 6.45) is 0. The van der Waals surface area contributed by atoms with E-state index in [1.807, 2.05) is 0 Å². The molecule has 1 N–H and O–H groups in total. The quantitative estimate of drug-likeness (QED) is 0.832. The number of aromatic carboxylic acids is 1. The van der Waals surface area contributed by atoms with Gasteiger partial charge in [-0.05, 0) is 18.2 Å². The highest BCUT2D eigenvalue weighted by atomic mass is 16.7. The average molecular weight is 234 g/mol. The monoisotopic (exact) mass is 234 g/mol. The van der Waals surface area contributed by atoms with Gasteiger partial charge in [-0.15, -0.1) is 10.2 Å². The number of rotatable bonds is 2. The molecule has 7 nitrogen and oxygen atoms in total. The van der Waals surface area contributed by atoms with Crippen molar-refractivity contribution in [3.63, 3.8) is 0 Å². The van der Waals surface area contributed by atoms with Gasteiger partial charge < -0.3 is 19.0 Å². The third kappa shape index (κ3) is 1.57. The lowest BCUT2D eigenvalue weighted by molar-refractivity contribution is 0.0654. The first-order valence-corrected chi connectivity index (χ1v) is 4.71. The maximum atomic E-state index is 10.6. The number of carboxylic acid groups (broad SMARTS) is 1. The molecule has 0 aliphatic carbocycles. The lowest BCUT2D eigenvalue weighted by Gasteiger charge is -1.97. The van der Waals surface area contributed by atoms with Gasteiger partial charge in [0.15, 0.2) is 11.5 Å². The summed E-state index contributed by atoms with van der Waals surface area (Å²) in [6.45, 7) is 0.170. The Morgan fingerprint density at radius 3 is 2.82 bits per heavy atom. The maximum Gasteiger partial charge on any atom is 0.393 e. The second-order valence-corrected chi connectivity index (χ2v) is 3.29. The maximum absolute atomic E-state index is 10.6. The lowest BCUT2D eigenvalue weighted by Crippen LogP contribution is -1.95. The van der Waals surface area contributed by atoms with Crippen LogP contribution in [0.2, 0.25) is 0 Å². The summed E-state index contributed by atoms with van der Waals surface area (Å²) < 4.78 is 15.3. The van der Waals surface area contributed by atoms with Crippen LogP contribution in [0.3, 0.4) is 0 Å². The normalized spacial score (nSPS) is 12.7. The van der Waals surface area contributed by atoms with Crippen LogP contribution in [0.4, 0.5) is 0 Å². The average Bonchev–Trinajstić information content (AvgIpc) is 2.97. The number of hydrogen-bond donors (Lipinski definition) is 1. The summed E-state index contributed by atoms with van der Waals surface area (Å²) in [5.41, 5.74) is 0.578. The van der Waals surface area contributed by atoms with E-state index >= 15 is 0 Å². The van der Waals surface area contributed by atoms with Crippen LogP contribution in [-0.4, -0.2) is 28.1 Å². The molecule has 86 valence electrons. The van der Waals surface area contributed by atoms with Gasteiger partial charge in [-0.2, -0.15) is 0 Å². The van der Waals surface area contributed by atoms with Crippen LogP contribution in [0.15, 0.2) is 22.6 Å². The molecular weight excluding hydrogens is 228 g/mol. The topological polar surface area (TPSA) is 94.7 Å². The van der Waals surface area contributed by atoms with Gasteiger partial charge in [0.25, 0.3) is 0 Å². The van der Waals surface area contributed by atoms with E-state index in [0.29, 0.717) is 17.1 Å². The van der Waals surface area contributed by atoms with Crippen molar-refractivity contribution in [1.29, 1.82) is 0 Å². The highest BCUT2D eigenvalue weighted by Gasteiger charge is 2.18. The van der Waals surface area contributed by atoms with E-state index < -0.39 is 11.9 Å². The summed E-state index contributed by atoms with van der Waals surface area (Å²) in [4.78, 5) is 10.6. The van der Waals surface area contributed by atoms with E-state index in [2.05, 4.69) is 10.2 Å². The van der Waals surface area contributed by atoms with Crippen LogP contribution in [-0.2, 0) is 0 Å². The van der Waals surface area contributed by atoms with Crippen LogP contribution in [0.5, 0.6) is 11.5 Å². The highest BCUT2D eigenvalue weighted by Crippen LogP contribution is 2.35. The Bertz CT molecular complexity index is 592. The molecule has 0 radical (unpaired) electrons. The van der Waals surface area contributed by atoms with E-state index in [0.717, 1.165) is 0 Å². The Balaban J connectivity index is 2.00. The molecule has 1 aromatic heterocycles. The van der Waals surface area contributed by atoms with E-state index in [4.69, 9.17) is 19.0 Å². The molecule has 1 aliphatic heterocycles. The molecule has 0 saturated heterocycles. The first kappa shape index (κ1) is 9.64. The van der Waals surface area contributed by atoms with Gasteiger partial charge in [0.2, 0.25) is 12.7 Å². The van der Waals surface area contributed by atoms with Crippen molar-refractivity contribution in [2.45, 2.75) is 0 Å². The van der Waals surface area contributed by atoms with E-state index in [1.165, 1.54) is 0 Å². The van der Waals surface area contributed by atoms with Gasteiger partial charge in [0.1, 0.15) is 0 Å². The zero-order valence-electron chi connectivity index (χ0n) is 8.41. The fourth-order valence-electron chi connectivity index (χ4n) is 1.46. The molecule has 0 spiro atoms. The highest BCUT2D eigenvalue weighted by molar-refractivity contribution is 5.82. The van der Waals surface area contributed by atoms with Crippen molar-refractivity contribution in [3.05, 3.63) is 24.1 Å². The lowest BCUT2D eigenvalue weighted by atomic mass is 10.2. The van der Waals surface area contributed by atoms with Crippen molar-refractivity contribution in [1.82, 2.24) is 10.2 Å². The van der Waals surface area contributed by atoms with E-state index in [9.17, 15) is 4.79 Å². The Labute approximate surface area is 94.6 Å². The molecule has 2 heterocycles. The predicted octanol–water partition coefficient (Wildman–Crippen LogP) is 1.16. The van der Waals surface area contributed by atoms with Crippen LogP contribution >= 0.6 is 0 Å². The summed E-state index contributed by atoms with van der Waals surface area (Å²) in [6, 6.07) is 5.04. The standard InChI is InChI=1S/C10H6N2O5/c13-10(14)9-12-11-8(17-9)5-1-2-6-7(3-5)16-4-15-6/h1-3H,4H2,(H,13,14). The number of aromatic nitrogens is 2. The summed E-state index contributed by atoms with van der Waals surface area (Å²) in [5.74, 6) is -0.382. The molecule has 0 amide bonds. The molecular formula is C10H6N2O5. The minimum Gasteiger partial charge on any atom is -0.474 e. The Morgan fingerprint density at radius 1 is 1.24 bits per heavy atom. The zero-order valence-corrected chi connectivity index (χ0v) is 8.41. The minimum atomic E-state index is -1.26. The fourth-order valence-corrected chi connectivity index (χ4v) is 1.46. The first-order valence-electron chi connectivity index (χ1n) is 4.71. The number of carboxylic acids is 1. The second-order valence-electron chi connectivity index (χ2n) is 3.29. The Hall–Kier alpha value is -2.57. The van der Waals surface area contributed by atoms with Crippen LogP contribution < -0.4 is 9.47 Å². The van der Waals surface area contributed by atoms with Gasteiger partial charge in [0.05, 0.1) is 0 Å². The molecule has 0 bridgehead atoms. The van der Waals surface area contributed by atoms with Crippen molar-refractivity contribution >= 4 is 5.97 Å². The molecule has 0 unspecified atom stereocenters. The van der Waals surface area contributed by atoms with Crippen LogP contribution in [0.25, 0.3) is 11.5 Å². The third-order valence-electron chi connectivity index (χ3n) is 2.23. The second kappa shape index (κ2) is 3.48. The Morgan fingerprint density at radius 2 is 2.06 bits per heavy atom. The van der Waals surface area contributed by atoms with Gasteiger partial charge in [-0.25, -0.2) is 4.79 Å².